The summed E-state index contributed by atoms with van der Waals surface area (Å²) in [5.74, 6) is -0.00599. The van der Waals surface area contributed by atoms with E-state index < -0.39 is 0 Å². The lowest BCUT2D eigenvalue weighted by molar-refractivity contribution is -0.115. The second-order valence-electron chi connectivity index (χ2n) is 5.56. The zero-order valence-electron chi connectivity index (χ0n) is 13.9. The number of nitrogens with one attached hydrogen (secondary N) is 1. The highest BCUT2D eigenvalue weighted by Gasteiger charge is 2.13. The summed E-state index contributed by atoms with van der Waals surface area (Å²) >= 11 is 3.20. The molecule has 0 saturated carbocycles. The molecule has 7 heteroatoms. The van der Waals surface area contributed by atoms with Gasteiger partial charge in [-0.1, -0.05) is 11.8 Å². The highest BCUT2D eigenvalue weighted by atomic mass is 32.2. The minimum absolute atomic E-state index is 0.00599. The Labute approximate surface area is 150 Å². The van der Waals surface area contributed by atoms with Crippen molar-refractivity contribution >= 4 is 40.4 Å². The van der Waals surface area contributed by atoms with Gasteiger partial charge in [0.05, 0.1) is 25.3 Å². The highest BCUT2D eigenvalue weighted by molar-refractivity contribution is 8.00. The van der Waals surface area contributed by atoms with E-state index in [1.165, 1.54) is 5.69 Å². The topological polar surface area (TPSA) is 54.5 Å². The minimum atomic E-state index is -0.00599. The number of aromatic nitrogens is 1. The van der Waals surface area contributed by atoms with E-state index in [9.17, 15) is 4.79 Å². The van der Waals surface area contributed by atoms with E-state index in [2.05, 4.69) is 15.2 Å². The normalized spacial score (nSPS) is 14.7. The van der Waals surface area contributed by atoms with E-state index in [1.54, 1.807) is 23.1 Å². The Balaban J connectivity index is 1.58. The molecule has 2 heterocycles. The van der Waals surface area contributed by atoms with Gasteiger partial charge in [-0.3, -0.25) is 4.79 Å². The van der Waals surface area contributed by atoms with Crippen LogP contribution >= 0.6 is 23.1 Å². The third-order valence-electron chi connectivity index (χ3n) is 3.90. The van der Waals surface area contributed by atoms with Gasteiger partial charge >= 0.3 is 0 Å². The summed E-state index contributed by atoms with van der Waals surface area (Å²) < 4.78 is 6.37. The first-order valence-corrected chi connectivity index (χ1v) is 9.93. The maximum absolute atomic E-state index is 12.3. The molecule has 1 aliphatic rings. The molecule has 24 heavy (non-hydrogen) atoms. The number of nitrogens with zero attached hydrogens (tertiary/aromatic N) is 2. The molecular formula is C17H21N3O2S2. The van der Waals surface area contributed by atoms with Crippen LogP contribution < -0.4 is 10.2 Å². The van der Waals surface area contributed by atoms with Crippen LogP contribution in [0.2, 0.25) is 0 Å². The van der Waals surface area contributed by atoms with Crippen molar-refractivity contribution in [2.24, 2.45) is 0 Å². The van der Waals surface area contributed by atoms with Crippen LogP contribution in [-0.2, 0) is 16.0 Å². The number of ether oxygens (including phenoxy) is 1. The number of morpholine rings is 1. The molecule has 1 fully saturated rings. The molecule has 128 valence electrons. The molecule has 0 atom stereocenters. The molecule has 0 spiro atoms. The predicted molar refractivity (Wildman–Crippen MR) is 100 cm³/mol. The van der Waals surface area contributed by atoms with Crippen molar-refractivity contribution < 1.29 is 9.53 Å². The van der Waals surface area contributed by atoms with Crippen LogP contribution in [0, 0.1) is 6.92 Å². The summed E-state index contributed by atoms with van der Waals surface area (Å²) in [6, 6.07) is 8.00. The molecule has 0 unspecified atom stereocenters. The van der Waals surface area contributed by atoms with Gasteiger partial charge in [0.15, 0.2) is 0 Å². The van der Waals surface area contributed by atoms with E-state index in [-0.39, 0.29) is 5.91 Å². The van der Waals surface area contributed by atoms with E-state index in [1.807, 2.05) is 37.4 Å². The smallest absolute Gasteiger partial charge is 0.229 e. The second-order valence-corrected chi connectivity index (χ2v) is 7.70. The molecule has 5 nitrogen and oxygen atoms in total. The van der Waals surface area contributed by atoms with Gasteiger partial charge in [0, 0.05) is 29.3 Å². The Bertz CT molecular complexity index is 694. The van der Waals surface area contributed by atoms with Crippen LogP contribution in [0.15, 0.2) is 28.6 Å². The molecule has 3 rings (SSSR count). The Kier molecular flexibility index (Phi) is 5.76. The first-order chi connectivity index (χ1) is 11.7. The van der Waals surface area contributed by atoms with Crippen molar-refractivity contribution in [3.63, 3.8) is 0 Å². The number of rotatable bonds is 5. The van der Waals surface area contributed by atoms with Gasteiger partial charge in [-0.25, -0.2) is 4.98 Å². The third kappa shape index (κ3) is 4.28. The molecule has 2 aromatic rings. The fraction of sp³-hybridized carbons (Fsp3) is 0.412. The van der Waals surface area contributed by atoms with Gasteiger partial charge < -0.3 is 15.0 Å². The Hall–Kier alpha value is -1.57. The number of anilines is 2. The maximum atomic E-state index is 12.3. The van der Waals surface area contributed by atoms with Gasteiger partial charge in [-0.15, -0.1) is 11.3 Å². The molecule has 0 aliphatic carbocycles. The predicted octanol–water partition coefficient (Wildman–Crippen LogP) is 3.19. The average molecular weight is 364 g/mol. The molecule has 1 saturated heterocycles. The SMILES string of the molecule is CSc1nc(C)c(CC(=O)Nc2ccc(N3CCOCC3)cc2)s1. The standard InChI is InChI=1S/C17H21N3O2S2/c1-12-15(24-17(18-12)23-2)11-16(21)19-13-3-5-14(6-4-13)20-7-9-22-10-8-20/h3-6H,7-11H2,1-2H3,(H,19,21). The Morgan fingerprint density at radius 3 is 2.67 bits per heavy atom. The van der Waals surface area contributed by atoms with Crippen molar-refractivity contribution in [1.82, 2.24) is 4.98 Å². The zero-order valence-corrected chi connectivity index (χ0v) is 15.5. The van der Waals surface area contributed by atoms with E-state index in [0.717, 1.165) is 46.9 Å². The van der Waals surface area contributed by atoms with Crippen molar-refractivity contribution in [2.75, 3.05) is 42.8 Å². The molecule has 0 radical (unpaired) electrons. The van der Waals surface area contributed by atoms with Crippen LogP contribution in [0.25, 0.3) is 0 Å². The number of hydrogen-bond acceptors (Lipinski definition) is 6. The number of thioether (sulfide) groups is 1. The molecule has 1 aliphatic heterocycles. The van der Waals surface area contributed by atoms with Crippen molar-refractivity contribution in [1.29, 1.82) is 0 Å². The second kappa shape index (κ2) is 8.00. The summed E-state index contributed by atoms with van der Waals surface area (Å²) in [4.78, 5) is 20.0. The van der Waals surface area contributed by atoms with Crippen molar-refractivity contribution in [2.45, 2.75) is 17.7 Å². The molecular weight excluding hydrogens is 342 g/mol. The third-order valence-corrected chi connectivity index (χ3v) is 6.04. The van der Waals surface area contributed by atoms with Crippen LogP contribution in [0.5, 0.6) is 0 Å². The van der Waals surface area contributed by atoms with Crippen LogP contribution in [0.3, 0.4) is 0 Å². The van der Waals surface area contributed by atoms with E-state index >= 15 is 0 Å². The molecule has 1 amide bonds. The molecule has 1 N–H and O–H groups in total. The number of carbonyl (C=O) groups excluding carboxylic acids is 1. The maximum Gasteiger partial charge on any atom is 0.229 e. The van der Waals surface area contributed by atoms with Crippen LogP contribution in [0.4, 0.5) is 11.4 Å². The quantitative estimate of drug-likeness (QED) is 0.827. The van der Waals surface area contributed by atoms with Gasteiger partial charge in [0.25, 0.3) is 0 Å². The number of amides is 1. The van der Waals surface area contributed by atoms with Crippen LogP contribution in [-0.4, -0.2) is 43.5 Å². The number of benzene rings is 1. The summed E-state index contributed by atoms with van der Waals surface area (Å²) in [7, 11) is 0. The Morgan fingerprint density at radius 1 is 1.33 bits per heavy atom. The lowest BCUT2D eigenvalue weighted by Crippen LogP contribution is -2.36. The average Bonchev–Trinajstić information content (AvgIpc) is 2.96. The number of aryl methyl sites for hydroxylation is 1. The monoisotopic (exact) mass is 363 g/mol. The number of thiazole rings is 1. The van der Waals surface area contributed by atoms with Crippen molar-refractivity contribution in [3.8, 4) is 0 Å². The summed E-state index contributed by atoms with van der Waals surface area (Å²) in [6.45, 7) is 5.31. The fourth-order valence-corrected chi connectivity index (χ4v) is 4.23. The molecule has 1 aromatic heterocycles. The number of hydrogen-bond donors (Lipinski definition) is 1. The van der Waals surface area contributed by atoms with Gasteiger partial charge in [0.2, 0.25) is 5.91 Å². The zero-order chi connectivity index (χ0) is 16.9. The van der Waals surface area contributed by atoms with E-state index in [0.29, 0.717) is 6.42 Å². The largest absolute Gasteiger partial charge is 0.378 e. The van der Waals surface area contributed by atoms with Crippen molar-refractivity contribution in [3.05, 3.63) is 34.8 Å². The van der Waals surface area contributed by atoms with Gasteiger partial charge in [-0.2, -0.15) is 0 Å². The fourth-order valence-electron chi connectivity index (χ4n) is 2.58. The lowest BCUT2D eigenvalue weighted by Gasteiger charge is -2.28. The van der Waals surface area contributed by atoms with Crippen LogP contribution in [0.1, 0.15) is 10.6 Å². The van der Waals surface area contributed by atoms with E-state index in [4.69, 9.17) is 4.74 Å². The first-order valence-electron chi connectivity index (χ1n) is 7.88. The Morgan fingerprint density at radius 2 is 2.04 bits per heavy atom. The summed E-state index contributed by atoms with van der Waals surface area (Å²) in [5.41, 5.74) is 2.94. The summed E-state index contributed by atoms with van der Waals surface area (Å²) in [6.07, 6.45) is 2.37. The van der Waals surface area contributed by atoms with Gasteiger partial charge in [-0.05, 0) is 37.4 Å². The first kappa shape index (κ1) is 17.3. The number of carbonyl (C=O) groups is 1. The minimum Gasteiger partial charge on any atom is -0.378 e. The molecule has 0 bridgehead atoms. The lowest BCUT2D eigenvalue weighted by atomic mass is 10.2. The molecule has 1 aromatic carbocycles. The summed E-state index contributed by atoms with van der Waals surface area (Å²) in [5, 5.41) is 2.96. The van der Waals surface area contributed by atoms with Gasteiger partial charge in [0.1, 0.15) is 4.34 Å². The highest BCUT2D eigenvalue weighted by Crippen LogP contribution is 2.26.